The van der Waals surface area contributed by atoms with E-state index in [1.54, 1.807) is 6.33 Å². The molecule has 1 aromatic carbocycles. The minimum atomic E-state index is 0.777. The van der Waals surface area contributed by atoms with Gasteiger partial charge in [-0.1, -0.05) is 24.3 Å². The van der Waals surface area contributed by atoms with Gasteiger partial charge in [0.25, 0.3) is 0 Å². The van der Waals surface area contributed by atoms with Crippen molar-refractivity contribution >= 4 is 33.7 Å². The number of benzene rings is 1. The van der Waals surface area contributed by atoms with Crippen LogP contribution in [-0.4, -0.2) is 20.2 Å². The zero-order valence-corrected chi connectivity index (χ0v) is 14.1. The van der Waals surface area contributed by atoms with Crippen LogP contribution in [0.25, 0.3) is 0 Å². The van der Waals surface area contributed by atoms with Crippen molar-refractivity contribution in [2.45, 2.75) is 27.2 Å². The summed E-state index contributed by atoms with van der Waals surface area (Å²) < 4.78 is 0. The maximum Gasteiger partial charge on any atom is 0.210 e. The summed E-state index contributed by atoms with van der Waals surface area (Å²) in [6, 6.07) is 8.13. The summed E-state index contributed by atoms with van der Waals surface area (Å²) in [4.78, 5) is 8.34. The van der Waals surface area contributed by atoms with E-state index in [0.717, 1.165) is 39.4 Å². The summed E-state index contributed by atoms with van der Waals surface area (Å²) in [5, 5.41) is 16.6. The lowest BCUT2D eigenvalue weighted by Crippen LogP contribution is -1.99. The van der Waals surface area contributed by atoms with Crippen molar-refractivity contribution in [3.8, 4) is 0 Å². The molecule has 0 amide bonds. The third-order valence-corrected chi connectivity index (χ3v) is 4.09. The van der Waals surface area contributed by atoms with Crippen LogP contribution in [0.2, 0.25) is 0 Å². The minimum Gasteiger partial charge on any atom is -0.340 e. The molecule has 3 aromatic rings. The van der Waals surface area contributed by atoms with Gasteiger partial charge in [-0.3, -0.25) is 0 Å². The van der Waals surface area contributed by atoms with E-state index in [0.29, 0.717) is 0 Å². The summed E-state index contributed by atoms with van der Waals surface area (Å²) in [5.41, 5.74) is 4.14. The first-order valence-corrected chi connectivity index (χ1v) is 8.21. The van der Waals surface area contributed by atoms with Crippen LogP contribution >= 0.6 is 11.3 Å². The number of anilines is 4. The van der Waals surface area contributed by atoms with Gasteiger partial charge < -0.3 is 10.6 Å². The highest BCUT2D eigenvalue weighted by Crippen LogP contribution is 2.28. The molecule has 2 N–H and O–H groups in total. The zero-order valence-electron chi connectivity index (χ0n) is 13.3. The molecule has 2 heterocycles. The molecule has 6 nitrogen and oxygen atoms in total. The number of aryl methyl sites for hydroxylation is 3. The average Bonchev–Trinajstić information content (AvgIpc) is 2.93. The standard InChI is InChI=1S/C16H18N6S/c1-4-12-5-6-13(19-15-7-10(2)17-9-18-15)8-14(12)20-16-22-21-11(3)23-16/h5-9H,4H2,1-3H3,(H,20,22)(H,17,18,19). The first-order chi connectivity index (χ1) is 11.1. The van der Waals surface area contributed by atoms with Crippen LogP contribution in [0.1, 0.15) is 23.2 Å². The Labute approximate surface area is 139 Å². The van der Waals surface area contributed by atoms with Crippen molar-refractivity contribution in [3.63, 3.8) is 0 Å². The second kappa shape index (κ2) is 6.70. The molecule has 0 atom stereocenters. The third kappa shape index (κ3) is 3.81. The van der Waals surface area contributed by atoms with E-state index >= 15 is 0 Å². The van der Waals surface area contributed by atoms with Crippen LogP contribution in [0.4, 0.5) is 22.3 Å². The molecule has 0 aliphatic rings. The summed E-state index contributed by atoms with van der Waals surface area (Å²) in [6.45, 7) is 6.02. The molecular weight excluding hydrogens is 308 g/mol. The van der Waals surface area contributed by atoms with E-state index in [-0.39, 0.29) is 0 Å². The third-order valence-electron chi connectivity index (χ3n) is 3.33. The second-order valence-corrected chi connectivity index (χ2v) is 6.33. The largest absolute Gasteiger partial charge is 0.340 e. The van der Waals surface area contributed by atoms with Gasteiger partial charge >= 0.3 is 0 Å². The topological polar surface area (TPSA) is 75.6 Å². The van der Waals surface area contributed by atoms with Gasteiger partial charge in [0.2, 0.25) is 5.13 Å². The fraction of sp³-hybridized carbons (Fsp3) is 0.250. The smallest absolute Gasteiger partial charge is 0.210 e. The first-order valence-electron chi connectivity index (χ1n) is 7.40. The number of hydrogen-bond acceptors (Lipinski definition) is 7. The van der Waals surface area contributed by atoms with Crippen LogP contribution in [0.15, 0.2) is 30.6 Å². The monoisotopic (exact) mass is 326 g/mol. The van der Waals surface area contributed by atoms with Crippen molar-refractivity contribution < 1.29 is 0 Å². The first kappa shape index (κ1) is 15.4. The highest BCUT2D eigenvalue weighted by Gasteiger charge is 2.07. The molecule has 0 radical (unpaired) electrons. The van der Waals surface area contributed by atoms with Crippen molar-refractivity contribution in [2.75, 3.05) is 10.6 Å². The fourth-order valence-electron chi connectivity index (χ4n) is 2.21. The van der Waals surface area contributed by atoms with Gasteiger partial charge in [0.05, 0.1) is 0 Å². The summed E-state index contributed by atoms with van der Waals surface area (Å²) in [7, 11) is 0. The van der Waals surface area contributed by atoms with E-state index in [1.807, 2.05) is 26.0 Å². The molecule has 0 aliphatic carbocycles. The Hall–Kier alpha value is -2.54. The molecule has 0 saturated carbocycles. The summed E-state index contributed by atoms with van der Waals surface area (Å²) >= 11 is 1.54. The van der Waals surface area contributed by atoms with Gasteiger partial charge in [0, 0.05) is 23.1 Å². The van der Waals surface area contributed by atoms with E-state index in [1.165, 1.54) is 16.9 Å². The molecule has 0 unspecified atom stereocenters. The summed E-state index contributed by atoms with van der Waals surface area (Å²) in [5.74, 6) is 0.777. The zero-order chi connectivity index (χ0) is 16.2. The highest BCUT2D eigenvalue weighted by molar-refractivity contribution is 7.15. The minimum absolute atomic E-state index is 0.777. The maximum atomic E-state index is 4.23. The van der Waals surface area contributed by atoms with Crippen LogP contribution in [0, 0.1) is 13.8 Å². The van der Waals surface area contributed by atoms with E-state index in [4.69, 9.17) is 0 Å². The van der Waals surface area contributed by atoms with Crippen molar-refractivity contribution in [1.29, 1.82) is 0 Å². The van der Waals surface area contributed by atoms with Gasteiger partial charge in [0.1, 0.15) is 17.2 Å². The van der Waals surface area contributed by atoms with E-state index in [9.17, 15) is 0 Å². The van der Waals surface area contributed by atoms with Gasteiger partial charge in [-0.2, -0.15) is 0 Å². The van der Waals surface area contributed by atoms with Gasteiger partial charge in [0.15, 0.2) is 0 Å². The lowest BCUT2D eigenvalue weighted by atomic mass is 10.1. The SMILES string of the molecule is CCc1ccc(Nc2cc(C)ncn2)cc1Nc1nnc(C)s1. The highest BCUT2D eigenvalue weighted by atomic mass is 32.1. The lowest BCUT2D eigenvalue weighted by molar-refractivity contribution is 1.05. The fourth-order valence-corrected chi connectivity index (χ4v) is 2.82. The van der Waals surface area contributed by atoms with Gasteiger partial charge in [-0.15, -0.1) is 10.2 Å². The Morgan fingerprint density at radius 2 is 1.91 bits per heavy atom. The van der Waals surface area contributed by atoms with E-state index in [2.05, 4.69) is 49.9 Å². The number of aromatic nitrogens is 4. The molecule has 2 aromatic heterocycles. The molecule has 118 valence electrons. The van der Waals surface area contributed by atoms with Crippen molar-refractivity contribution in [1.82, 2.24) is 20.2 Å². The second-order valence-electron chi connectivity index (χ2n) is 5.15. The molecule has 0 bridgehead atoms. The molecule has 0 spiro atoms. The van der Waals surface area contributed by atoms with Gasteiger partial charge in [-0.05, 0) is 38.0 Å². The van der Waals surface area contributed by atoms with Crippen LogP contribution in [-0.2, 0) is 6.42 Å². The Morgan fingerprint density at radius 3 is 2.61 bits per heavy atom. The van der Waals surface area contributed by atoms with Crippen LogP contribution in [0.3, 0.4) is 0 Å². The Morgan fingerprint density at radius 1 is 1.04 bits per heavy atom. The molecule has 3 rings (SSSR count). The molecule has 7 heteroatoms. The maximum absolute atomic E-state index is 4.23. The lowest BCUT2D eigenvalue weighted by Gasteiger charge is -2.12. The number of nitrogens with one attached hydrogen (secondary N) is 2. The predicted molar refractivity (Wildman–Crippen MR) is 93.8 cm³/mol. The Kier molecular flexibility index (Phi) is 4.47. The average molecular weight is 326 g/mol. The predicted octanol–water partition coefficient (Wildman–Crippen LogP) is 3.99. The normalized spacial score (nSPS) is 10.6. The molecule has 0 fully saturated rings. The van der Waals surface area contributed by atoms with Crippen LogP contribution < -0.4 is 10.6 Å². The Bertz CT molecular complexity index is 814. The Balaban J connectivity index is 1.86. The molecular formula is C16H18N6S. The van der Waals surface area contributed by atoms with E-state index < -0.39 is 0 Å². The summed E-state index contributed by atoms with van der Waals surface area (Å²) in [6.07, 6.45) is 2.49. The van der Waals surface area contributed by atoms with Crippen LogP contribution in [0.5, 0.6) is 0 Å². The van der Waals surface area contributed by atoms with Crippen molar-refractivity contribution in [3.05, 3.63) is 46.9 Å². The van der Waals surface area contributed by atoms with Gasteiger partial charge in [-0.25, -0.2) is 9.97 Å². The number of rotatable bonds is 5. The number of nitrogens with zero attached hydrogens (tertiary/aromatic N) is 4. The molecule has 0 aliphatic heterocycles. The van der Waals surface area contributed by atoms with Crippen molar-refractivity contribution in [2.24, 2.45) is 0 Å². The number of hydrogen-bond donors (Lipinski definition) is 2. The molecule has 23 heavy (non-hydrogen) atoms. The quantitative estimate of drug-likeness (QED) is 0.738. The molecule has 0 saturated heterocycles.